The van der Waals surface area contributed by atoms with Crippen molar-refractivity contribution in [2.75, 3.05) is 13.1 Å². The van der Waals surface area contributed by atoms with E-state index in [1.54, 1.807) is 0 Å². The van der Waals surface area contributed by atoms with Crippen molar-refractivity contribution in [2.24, 2.45) is 0 Å². The Bertz CT molecular complexity index is 313. The van der Waals surface area contributed by atoms with E-state index in [-0.39, 0.29) is 18.2 Å². The molecule has 19 heavy (non-hydrogen) atoms. The van der Waals surface area contributed by atoms with Gasteiger partial charge < -0.3 is 20.1 Å². The van der Waals surface area contributed by atoms with Crippen LogP contribution in [0.2, 0.25) is 0 Å². The Morgan fingerprint density at radius 3 is 2.32 bits per heavy atom. The molecule has 0 aromatic heterocycles. The fourth-order valence-corrected chi connectivity index (χ4v) is 2.74. The molecule has 0 atom stereocenters. The van der Waals surface area contributed by atoms with E-state index in [1.165, 1.54) is 0 Å². The van der Waals surface area contributed by atoms with Crippen LogP contribution in [0.3, 0.4) is 0 Å². The molecular formula is C14H26N2O3. The summed E-state index contributed by atoms with van der Waals surface area (Å²) in [6, 6.07) is 0.772. The lowest BCUT2D eigenvalue weighted by atomic mass is 9.86. The number of aliphatic hydroxyl groups excluding tert-OH is 1. The van der Waals surface area contributed by atoms with Crippen LogP contribution in [0.4, 0.5) is 4.79 Å². The molecule has 1 saturated carbocycles. The van der Waals surface area contributed by atoms with Crippen LogP contribution in [0.5, 0.6) is 0 Å². The topological polar surface area (TPSA) is 61.8 Å². The molecule has 1 aliphatic heterocycles. The molecule has 2 N–H and O–H groups in total. The zero-order valence-corrected chi connectivity index (χ0v) is 12.2. The highest BCUT2D eigenvalue weighted by Crippen LogP contribution is 2.28. The first kappa shape index (κ1) is 14.6. The van der Waals surface area contributed by atoms with Gasteiger partial charge >= 0.3 is 6.09 Å². The number of amides is 1. The van der Waals surface area contributed by atoms with Gasteiger partial charge in [-0.1, -0.05) is 0 Å². The lowest BCUT2D eigenvalue weighted by Crippen LogP contribution is -2.53. The van der Waals surface area contributed by atoms with E-state index < -0.39 is 5.60 Å². The smallest absolute Gasteiger partial charge is 0.407 e. The molecule has 1 amide bonds. The van der Waals surface area contributed by atoms with Crippen LogP contribution in [0.15, 0.2) is 0 Å². The molecule has 2 aliphatic rings. The van der Waals surface area contributed by atoms with Crippen molar-refractivity contribution < 1.29 is 14.6 Å². The minimum atomic E-state index is -0.438. The summed E-state index contributed by atoms with van der Waals surface area (Å²) in [5, 5.41) is 12.3. The van der Waals surface area contributed by atoms with Gasteiger partial charge in [-0.2, -0.15) is 0 Å². The highest BCUT2D eigenvalue weighted by Gasteiger charge is 2.34. The number of hydrogen-bond acceptors (Lipinski definition) is 4. The number of ether oxygens (including phenoxy) is 1. The number of aliphatic hydroxyl groups is 1. The van der Waals surface area contributed by atoms with Gasteiger partial charge in [0.1, 0.15) is 5.60 Å². The summed E-state index contributed by atoms with van der Waals surface area (Å²) >= 11 is 0. The van der Waals surface area contributed by atoms with Gasteiger partial charge in [0, 0.05) is 25.2 Å². The first-order chi connectivity index (χ1) is 8.83. The maximum atomic E-state index is 11.7. The number of alkyl carbamates (subject to hydrolysis) is 1. The van der Waals surface area contributed by atoms with Crippen LogP contribution in [-0.2, 0) is 4.74 Å². The number of rotatable bonds is 2. The van der Waals surface area contributed by atoms with Gasteiger partial charge in [-0.25, -0.2) is 4.79 Å². The van der Waals surface area contributed by atoms with Crippen LogP contribution < -0.4 is 5.32 Å². The van der Waals surface area contributed by atoms with Crippen molar-refractivity contribution in [2.45, 2.75) is 70.2 Å². The van der Waals surface area contributed by atoms with Gasteiger partial charge in [-0.15, -0.1) is 0 Å². The molecule has 2 fully saturated rings. The molecule has 0 aromatic rings. The molecule has 1 heterocycles. The molecular weight excluding hydrogens is 244 g/mol. The van der Waals surface area contributed by atoms with Gasteiger partial charge in [0.2, 0.25) is 0 Å². The third-order valence-corrected chi connectivity index (χ3v) is 3.86. The standard InChI is InChI=1S/C14H26N2O3/c1-14(2,3)19-13(18)15-10-4-6-16(7-5-10)11-8-12(17)9-11/h10-12,17H,4-9H2,1-3H3,(H,15,18)/t11-,12+. The Labute approximate surface area is 115 Å². The number of carbonyl (C=O) groups is 1. The average Bonchev–Trinajstić information content (AvgIpc) is 2.23. The van der Waals surface area contributed by atoms with Crippen molar-refractivity contribution in [3.63, 3.8) is 0 Å². The SMILES string of the molecule is CC(C)(C)OC(=O)NC1CCN([C@H]2C[C@@H](O)C2)CC1. The minimum Gasteiger partial charge on any atom is -0.444 e. The quantitative estimate of drug-likeness (QED) is 0.798. The van der Waals surface area contributed by atoms with E-state index in [9.17, 15) is 9.90 Å². The number of nitrogens with zero attached hydrogens (tertiary/aromatic N) is 1. The summed E-state index contributed by atoms with van der Waals surface area (Å²) in [7, 11) is 0. The summed E-state index contributed by atoms with van der Waals surface area (Å²) < 4.78 is 5.26. The first-order valence-corrected chi connectivity index (χ1v) is 7.25. The second-order valence-electron chi connectivity index (χ2n) is 6.74. The maximum absolute atomic E-state index is 11.7. The fourth-order valence-electron chi connectivity index (χ4n) is 2.74. The number of nitrogens with one attached hydrogen (secondary N) is 1. The Morgan fingerprint density at radius 2 is 1.84 bits per heavy atom. The van der Waals surface area contributed by atoms with E-state index in [4.69, 9.17) is 4.74 Å². The molecule has 0 unspecified atom stereocenters. The Hall–Kier alpha value is -0.810. The predicted octanol–water partition coefficient (Wildman–Crippen LogP) is 1.50. The van der Waals surface area contributed by atoms with Gasteiger partial charge in [0.15, 0.2) is 0 Å². The third-order valence-electron chi connectivity index (χ3n) is 3.86. The van der Waals surface area contributed by atoms with E-state index >= 15 is 0 Å². The maximum Gasteiger partial charge on any atom is 0.407 e. The summed E-state index contributed by atoms with van der Waals surface area (Å²) in [6.45, 7) is 7.61. The van der Waals surface area contributed by atoms with Gasteiger partial charge in [0.25, 0.3) is 0 Å². The third kappa shape index (κ3) is 4.35. The zero-order valence-electron chi connectivity index (χ0n) is 12.2. The van der Waals surface area contributed by atoms with E-state index in [1.807, 2.05) is 20.8 Å². The second-order valence-corrected chi connectivity index (χ2v) is 6.74. The zero-order chi connectivity index (χ0) is 14.0. The van der Waals surface area contributed by atoms with Gasteiger partial charge in [-0.05, 0) is 46.5 Å². The Kier molecular flexibility index (Phi) is 4.36. The second kappa shape index (κ2) is 5.67. The highest BCUT2D eigenvalue weighted by molar-refractivity contribution is 5.68. The van der Waals surface area contributed by atoms with Gasteiger partial charge in [-0.3, -0.25) is 0 Å². The average molecular weight is 270 g/mol. The summed E-state index contributed by atoms with van der Waals surface area (Å²) in [5.74, 6) is 0. The fraction of sp³-hybridized carbons (Fsp3) is 0.929. The number of carbonyl (C=O) groups excluding carboxylic acids is 1. The summed E-state index contributed by atoms with van der Waals surface area (Å²) in [4.78, 5) is 14.1. The van der Waals surface area contributed by atoms with Crippen LogP contribution in [0.25, 0.3) is 0 Å². The van der Waals surface area contributed by atoms with Crippen LogP contribution in [0, 0.1) is 0 Å². The molecule has 0 radical (unpaired) electrons. The monoisotopic (exact) mass is 270 g/mol. The molecule has 0 aromatic carbocycles. The van der Waals surface area contributed by atoms with E-state index in [0.717, 1.165) is 38.8 Å². The predicted molar refractivity (Wildman–Crippen MR) is 73.0 cm³/mol. The first-order valence-electron chi connectivity index (χ1n) is 7.25. The number of likely N-dealkylation sites (tertiary alicyclic amines) is 1. The molecule has 1 saturated heterocycles. The Morgan fingerprint density at radius 1 is 1.26 bits per heavy atom. The normalized spacial score (nSPS) is 29.7. The molecule has 2 rings (SSSR count). The van der Waals surface area contributed by atoms with Crippen molar-refractivity contribution in [1.82, 2.24) is 10.2 Å². The van der Waals surface area contributed by atoms with Crippen LogP contribution in [-0.4, -0.2) is 53.0 Å². The molecule has 1 aliphatic carbocycles. The van der Waals surface area contributed by atoms with E-state index in [0.29, 0.717) is 6.04 Å². The molecule has 0 spiro atoms. The number of hydrogen-bond donors (Lipinski definition) is 2. The Balaban J connectivity index is 1.67. The summed E-state index contributed by atoms with van der Waals surface area (Å²) in [6.07, 6.45) is 3.33. The van der Waals surface area contributed by atoms with Crippen molar-refractivity contribution >= 4 is 6.09 Å². The van der Waals surface area contributed by atoms with Gasteiger partial charge in [0.05, 0.1) is 6.10 Å². The van der Waals surface area contributed by atoms with Crippen LogP contribution in [0.1, 0.15) is 46.5 Å². The highest BCUT2D eigenvalue weighted by atomic mass is 16.6. The van der Waals surface area contributed by atoms with E-state index in [2.05, 4.69) is 10.2 Å². The minimum absolute atomic E-state index is 0.0948. The summed E-state index contributed by atoms with van der Waals surface area (Å²) in [5.41, 5.74) is -0.438. The van der Waals surface area contributed by atoms with Crippen molar-refractivity contribution in [3.8, 4) is 0 Å². The number of piperidine rings is 1. The molecule has 5 heteroatoms. The molecule has 110 valence electrons. The molecule has 5 nitrogen and oxygen atoms in total. The van der Waals surface area contributed by atoms with Crippen molar-refractivity contribution in [1.29, 1.82) is 0 Å². The largest absolute Gasteiger partial charge is 0.444 e. The lowest BCUT2D eigenvalue weighted by Gasteiger charge is -2.44. The lowest BCUT2D eigenvalue weighted by molar-refractivity contribution is -0.00954. The van der Waals surface area contributed by atoms with Crippen LogP contribution >= 0.6 is 0 Å². The van der Waals surface area contributed by atoms with Crippen molar-refractivity contribution in [3.05, 3.63) is 0 Å². The molecule has 0 bridgehead atoms.